The molecule has 5 heteroatoms. The molecule has 0 atom stereocenters. The molecule has 1 aromatic heterocycles. The summed E-state index contributed by atoms with van der Waals surface area (Å²) in [5, 5.41) is 10.6. The molecule has 0 aliphatic heterocycles. The zero-order valence-corrected chi connectivity index (χ0v) is 13.0. The number of benzene rings is 1. The zero-order chi connectivity index (χ0) is 11.5. The third-order valence-electron chi connectivity index (χ3n) is 2.24. The van der Waals surface area contributed by atoms with Crippen LogP contribution in [0.2, 0.25) is 0 Å². The summed E-state index contributed by atoms with van der Waals surface area (Å²) in [5.74, 6) is 1.03. The van der Waals surface area contributed by atoms with E-state index in [2.05, 4.69) is 35.4 Å². The van der Waals surface area contributed by atoms with Crippen LogP contribution in [0.15, 0.2) is 22.6 Å². The van der Waals surface area contributed by atoms with Crippen LogP contribution in [0.25, 0.3) is 0 Å². The third-order valence-corrected chi connectivity index (χ3v) is 2.24. The van der Waals surface area contributed by atoms with Gasteiger partial charge in [-0.1, -0.05) is 24.6 Å². The molecule has 0 saturated heterocycles. The van der Waals surface area contributed by atoms with Crippen LogP contribution >= 0.6 is 0 Å². The van der Waals surface area contributed by atoms with Crippen molar-refractivity contribution in [2.24, 2.45) is 0 Å². The maximum Gasteiger partial charge on any atom is 0.308 e. The van der Waals surface area contributed by atoms with Crippen molar-refractivity contribution < 1.29 is 37.1 Å². The molecule has 87 valence electrons. The van der Waals surface area contributed by atoms with Gasteiger partial charge in [0.25, 0.3) is 0 Å². The molecule has 0 spiro atoms. The summed E-state index contributed by atoms with van der Waals surface area (Å²) in [7, 11) is 0. The predicted molar refractivity (Wildman–Crippen MR) is 61.7 cm³/mol. The third kappa shape index (κ3) is 3.89. The second-order valence-corrected chi connectivity index (χ2v) is 3.94. The second-order valence-electron chi connectivity index (χ2n) is 3.94. The van der Waals surface area contributed by atoms with Gasteiger partial charge in [-0.25, -0.2) is 0 Å². The first-order chi connectivity index (χ1) is 7.65. The maximum absolute atomic E-state index is 5.22. The maximum atomic E-state index is 5.22. The molecule has 1 radical (unpaired) electrons. The normalized spacial score (nSPS) is 10.1. The molecule has 0 saturated carbocycles. The van der Waals surface area contributed by atoms with Gasteiger partial charge >= 0.3 is 6.01 Å². The van der Waals surface area contributed by atoms with E-state index in [1.54, 1.807) is 6.92 Å². The number of rotatable bonds is 3. The standard InChI is InChI=1S/C12H14N3O.Y/c1-8(2)10-4-6-11(7-5-10)13-12-15-14-9(3)16-12;/h4,6-8H,1-3H3,(H,13,15);/q-1;. The van der Waals surface area contributed by atoms with Crippen molar-refractivity contribution in [1.82, 2.24) is 10.2 Å². The Balaban J connectivity index is 0.00000144. The van der Waals surface area contributed by atoms with Crippen molar-refractivity contribution in [3.05, 3.63) is 35.7 Å². The molecule has 0 unspecified atom stereocenters. The minimum Gasteiger partial charge on any atom is -0.409 e. The minimum absolute atomic E-state index is 0. The van der Waals surface area contributed by atoms with Gasteiger partial charge in [0.1, 0.15) is 0 Å². The van der Waals surface area contributed by atoms with Crippen LogP contribution in [0.3, 0.4) is 0 Å². The van der Waals surface area contributed by atoms with Gasteiger partial charge in [0.2, 0.25) is 5.89 Å². The van der Waals surface area contributed by atoms with E-state index in [-0.39, 0.29) is 32.7 Å². The summed E-state index contributed by atoms with van der Waals surface area (Å²) < 4.78 is 5.22. The summed E-state index contributed by atoms with van der Waals surface area (Å²) in [6.07, 6.45) is 0. The van der Waals surface area contributed by atoms with Gasteiger partial charge in [-0.2, -0.15) is 23.8 Å². The van der Waals surface area contributed by atoms with Gasteiger partial charge in [-0.05, 0) is 5.92 Å². The molecular formula is C12H14N3OY-. The molecule has 0 amide bonds. The van der Waals surface area contributed by atoms with Gasteiger partial charge < -0.3 is 9.73 Å². The van der Waals surface area contributed by atoms with Crippen LogP contribution in [0, 0.1) is 13.0 Å². The summed E-state index contributed by atoms with van der Waals surface area (Å²) in [6, 6.07) is 9.52. The van der Waals surface area contributed by atoms with Crippen molar-refractivity contribution in [3.8, 4) is 0 Å². The summed E-state index contributed by atoms with van der Waals surface area (Å²) in [5.41, 5.74) is 2.08. The average Bonchev–Trinajstić information content (AvgIpc) is 2.65. The van der Waals surface area contributed by atoms with Gasteiger partial charge in [0.15, 0.2) is 0 Å². The van der Waals surface area contributed by atoms with E-state index in [0.717, 1.165) is 5.69 Å². The van der Waals surface area contributed by atoms with Gasteiger partial charge in [0.05, 0.1) is 0 Å². The molecule has 17 heavy (non-hydrogen) atoms. The Morgan fingerprint density at radius 3 is 2.53 bits per heavy atom. The molecule has 2 rings (SSSR count). The number of nitrogens with one attached hydrogen (secondary N) is 1. The van der Waals surface area contributed by atoms with Crippen LogP contribution in [0.5, 0.6) is 0 Å². The fourth-order valence-corrected chi connectivity index (χ4v) is 1.34. The van der Waals surface area contributed by atoms with E-state index in [9.17, 15) is 0 Å². The molecule has 1 N–H and O–H groups in total. The molecular weight excluding hydrogens is 291 g/mol. The Kier molecular flexibility index (Phi) is 5.28. The quantitative estimate of drug-likeness (QED) is 0.886. The molecule has 0 aliphatic rings. The van der Waals surface area contributed by atoms with Crippen LogP contribution < -0.4 is 5.32 Å². The molecule has 2 aromatic rings. The van der Waals surface area contributed by atoms with E-state index in [0.29, 0.717) is 17.8 Å². The summed E-state index contributed by atoms with van der Waals surface area (Å²) >= 11 is 0. The fourth-order valence-electron chi connectivity index (χ4n) is 1.34. The number of anilines is 2. The fraction of sp³-hybridized carbons (Fsp3) is 0.333. The zero-order valence-electron chi connectivity index (χ0n) is 10.2. The average molecular weight is 305 g/mol. The Labute approximate surface area is 126 Å². The monoisotopic (exact) mass is 305 g/mol. The number of aromatic nitrogens is 2. The van der Waals surface area contributed by atoms with Crippen molar-refractivity contribution in [1.29, 1.82) is 0 Å². The predicted octanol–water partition coefficient (Wildman–Crippen LogP) is 3.04. The van der Waals surface area contributed by atoms with E-state index in [1.165, 1.54) is 5.56 Å². The summed E-state index contributed by atoms with van der Waals surface area (Å²) in [4.78, 5) is 0. The molecule has 0 bridgehead atoms. The van der Waals surface area contributed by atoms with Gasteiger partial charge in [-0.15, -0.1) is 11.2 Å². The number of hydrogen-bond donors (Lipinski definition) is 1. The Morgan fingerprint density at radius 1 is 1.29 bits per heavy atom. The number of aryl methyl sites for hydroxylation is 1. The Bertz CT molecular complexity index is 465. The van der Waals surface area contributed by atoms with E-state index < -0.39 is 0 Å². The first-order valence-electron chi connectivity index (χ1n) is 5.24. The Morgan fingerprint density at radius 2 is 2.06 bits per heavy atom. The van der Waals surface area contributed by atoms with Crippen molar-refractivity contribution in [3.63, 3.8) is 0 Å². The van der Waals surface area contributed by atoms with Crippen LogP contribution in [0.4, 0.5) is 11.7 Å². The number of nitrogens with zero attached hydrogens (tertiary/aromatic N) is 2. The van der Waals surface area contributed by atoms with E-state index >= 15 is 0 Å². The molecule has 0 aliphatic carbocycles. The minimum atomic E-state index is 0. The first-order valence-corrected chi connectivity index (χ1v) is 5.24. The smallest absolute Gasteiger partial charge is 0.308 e. The SMILES string of the molecule is Cc1nnc(Nc2c[c-]c(C(C)C)cc2)o1.[Y]. The van der Waals surface area contributed by atoms with E-state index in [4.69, 9.17) is 4.42 Å². The molecule has 1 aromatic carbocycles. The Hall–Kier alpha value is -0.736. The van der Waals surface area contributed by atoms with Gasteiger partial charge in [-0.3, -0.25) is 0 Å². The van der Waals surface area contributed by atoms with Crippen LogP contribution in [-0.2, 0) is 32.7 Å². The van der Waals surface area contributed by atoms with E-state index in [1.807, 2.05) is 18.2 Å². The van der Waals surface area contributed by atoms with Crippen LogP contribution in [-0.4, -0.2) is 10.2 Å². The van der Waals surface area contributed by atoms with Crippen molar-refractivity contribution in [2.45, 2.75) is 26.7 Å². The second kappa shape index (κ2) is 6.27. The van der Waals surface area contributed by atoms with Crippen molar-refractivity contribution in [2.75, 3.05) is 5.32 Å². The molecule has 4 nitrogen and oxygen atoms in total. The van der Waals surface area contributed by atoms with Crippen LogP contribution in [0.1, 0.15) is 31.2 Å². The number of hydrogen-bond acceptors (Lipinski definition) is 4. The first kappa shape index (κ1) is 14.3. The van der Waals surface area contributed by atoms with Crippen molar-refractivity contribution >= 4 is 11.7 Å². The largest absolute Gasteiger partial charge is 0.409 e. The van der Waals surface area contributed by atoms with Gasteiger partial charge in [0, 0.05) is 39.6 Å². The molecule has 1 heterocycles. The summed E-state index contributed by atoms with van der Waals surface area (Å²) in [6.45, 7) is 6.03. The molecule has 0 fully saturated rings. The topological polar surface area (TPSA) is 51.0 Å².